The molecule has 4 rings (SSSR count). The molecule has 2 heterocycles. The average molecular weight is 501 g/mol. The molecule has 192 valence electrons. The topological polar surface area (TPSA) is 150 Å². The second kappa shape index (κ2) is 10.7. The van der Waals surface area contributed by atoms with Gasteiger partial charge in [-0.2, -0.15) is 0 Å². The summed E-state index contributed by atoms with van der Waals surface area (Å²) in [5, 5.41) is 15.5. The van der Waals surface area contributed by atoms with Crippen molar-refractivity contribution in [2.24, 2.45) is 16.9 Å². The molecule has 0 unspecified atom stereocenters. The van der Waals surface area contributed by atoms with Crippen molar-refractivity contribution in [1.29, 1.82) is 10.8 Å². The summed E-state index contributed by atoms with van der Waals surface area (Å²) in [6.45, 7) is 1.63. The van der Waals surface area contributed by atoms with Crippen molar-refractivity contribution in [3.63, 3.8) is 0 Å². The Morgan fingerprint density at radius 2 is 1.68 bits per heavy atom. The fourth-order valence-electron chi connectivity index (χ4n) is 5.14. The van der Waals surface area contributed by atoms with Crippen LogP contribution in [0, 0.1) is 16.2 Å². The standard InChI is InChI=1S/C28H32N6O3/c1-37-25-16-22(6-7-23(25)21(17-30)18-31)34-15-11-28(27(34)36)9-13-33(14-10-28)26(35)20-4-2-19(3-5-20)24(32)8-12-29/h2-8,12,16-18,30,32H,9-11,13-15,29,31H2,1H3/b12-8-,21-18+,30-17?,32-24?. The molecule has 2 fully saturated rings. The number of hydrogen-bond acceptors (Lipinski definition) is 7. The van der Waals surface area contributed by atoms with Crippen LogP contribution < -0.4 is 21.1 Å². The van der Waals surface area contributed by atoms with E-state index in [0.29, 0.717) is 60.5 Å². The second-order valence-corrected chi connectivity index (χ2v) is 9.28. The summed E-state index contributed by atoms with van der Waals surface area (Å²) in [4.78, 5) is 30.3. The lowest BCUT2D eigenvalue weighted by Crippen LogP contribution is -2.46. The number of methoxy groups -OCH3 is 1. The monoisotopic (exact) mass is 500 g/mol. The Morgan fingerprint density at radius 1 is 1.03 bits per heavy atom. The molecule has 2 saturated heterocycles. The Balaban J connectivity index is 1.44. The largest absolute Gasteiger partial charge is 0.496 e. The summed E-state index contributed by atoms with van der Waals surface area (Å²) in [5.41, 5.74) is 14.0. The minimum absolute atomic E-state index is 0.0696. The fourth-order valence-corrected chi connectivity index (χ4v) is 5.14. The fraction of sp³-hybridized carbons (Fsp3) is 0.286. The lowest BCUT2D eigenvalue weighted by atomic mass is 9.77. The highest BCUT2D eigenvalue weighted by Crippen LogP contribution is 2.44. The van der Waals surface area contributed by atoms with Crippen LogP contribution in [0.4, 0.5) is 5.69 Å². The van der Waals surface area contributed by atoms with E-state index >= 15 is 0 Å². The van der Waals surface area contributed by atoms with E-state index in [1.165, 1.54) is 24.7 Å². The molecule has 0 saturated carbocycles. The Bertz CT molecular complexity index is 1270. The first kappa shape index (κ1) is 25.7. The van der Waals surface area contributed by atoms with Crippen LogP contribution in [0.1, 0.15) is 40.7 Å². The second-order valence-electron chi connectivity index (χ2n) is 9.28. The molecule has 2 aliphatic rings. The number of piperidine rings is 1. The molecule has 2 amide bonds. The first-order valence-corrected chi connectivity index (χ1v) is 12.2. The number of nitrogens with zero attached hydrogens (tertiary/aromatic N) is 2. The number of carbonyl (C=O) groups is 2. The molecule has 0 aliphatic carbocycles. The van der Waals surface area contributed by atoms with Crippen molar-refractivity contribution in [3.05, 3.63) is 77.6 Å². The van der Waals surface area contributed by atoms with E-state index in [-0.39, 0.29) is 17.5 Å². The lowest BCUT2D eigenvalue weighted by Gasteiger charge is -2.38. The highest BCUT2D eigenvalue weighted by molar-refractivity contribution is 6.10. The van der Waals surface area contributed by atoms with Crippen LogP contribution in [0.5, 0.6) is 5.75 Å². The van der Waals surface area contributed by atoms with E-state index in [0.717, 1.165) is 12.1 Å². The van der Waals surface area contributed by atoms with Gasteiger partial charge in [0.15, 0.2) is 0 Å². The normalized spacial score (nSPS) is 17.4. The van der Waals surface area contributed by atoms with Crippen LogP contribution in [-0.2, 0) is 4.79 Å². The molecule has 0 atom stereocenters. The molecule has 6 N–H and O–H groups in total. The molecule has 9 nitrogen and oxygen atoms in total. The summed E-state index contributed by atoms with van der Waals surface area (Å²) >= 11 is 0. The van der Waals surface area contributed by atoms with Gasteiger partial charge in [0.2, 0.25) is 5.91 Å². The molecule has 2 aromatic carbocycles. The Kier molecular flexibility index (Phi) is 7.42. The maximum Gasteiger partial charge on any atom is 0.253 e. The third-order valence-electron chi connectivity index (χ3n) is 7.37. The van der Waals surface area contributed by atoms with E-state index in [4.69, 9.17) is 27.0 Å². The Hall–Kier alpha value is -4.40. The van der Waals surface area contributed by atoms with E-state index < -0.39 is 5.41 Å². The molecule has 9 heteroatoms. The zero-order chi connectivity index (χ0) is 26.6. The van der Waals surface area contributed by atoms with Gasteiger partial charge in [0.1, 0.15) is 5.75 Å². The van der Waals surface area contributed by atoms with Crippen molar-refractivity contribution in [2.45, 2.75) is 19.3 Å². The molecular weight excluding hydrogens is 468 g/mol. The summed E-state index contributed by atoms with van der Waals surface area (Å²) in [5.74, 6) is 0.554. The number of allylic oxidation sites excluding steroid dienone is 2. The van der Waals surface area contributed by atoms with Gasteiger partial charge in [-0.1, -0.05) is 12.1 Å². The van der Waals surface area contributed by atoms with Gasteiger partial charge in [-0.15, -0.1) is 0 Å². The number of nitrogens with one attached hydrogen (secondary N) is 2. The number of carbonyl (C=O) groups excluding carboxylic acids is 2. The summed E-state index contributed by atoms with van der Waals surface area (Å²) < 4.78 is 5.51. The smallest absolute Gasteiger partial charge is 0.253 e. The number of ether oxygens (including phenoxy) is 1. The van der Waals surface area contributed by atoms with E-state index in [2.05, 4.69) is 0 Å². The minimum Gasteiger partial charge on any atom is -0.496 e. The number of rotatable bonds is 7. The van der Waals surface area contributed by atoms with Gasteiger partial charge in [-0.3, -0.25) is 9.59 Å². The van der Waals surface area contributed by atoms with Gasteiger partial charge in [-0.25, -0.2) is 0 Å². The zero-order valence-electron chi connectivity index (χ0n) is 20.9. The summed E-state index contributed by atoms with van der Waals surface area (Å²) in [6, 6.07) is 12.4. The Labute approximate surface area is 216 Å². The van der Waals surface area contributed by atoms with Gasteiger partial charge >= 0.3 is 0 Å². The quantitative estimate of drug-likeness (QED) is 0.431. The number of hydrogen-bond donors (Lipinski definition) is 4. The van der Waals surface area contributed by atoms with Gasteiger partial charge in [-0.05, 0) is 61.4 Å². The minimum atomic E-state index is -0.479. The van der Waals surface area contributed by atoms with Gasteiger partial charge in [0.05, 0.1) is 18.2 Å². The number of benzene rings is 2. The number of likely N-dealkylation sites (tertiary alicyclic amines) is 1. The van der Waals surface area contributed by atoms with Crippen LogP contribution in [0.25, 0.3) is 5.57 Å². The van der Waals surface area contributed by atoms with Crippen LogP contribution in [-0.4, -0.2) is 55.4 Å². The molecule has 1 spiro atoms. The summed E-state index contributed by atoms with van der Waals surface area (Å²) in [6.07, 6.45) is 7.29. The predicted octanol–water partition coefficient (Wildman–Crippen LogP) is 3.14. The maximum atomic E-state index is 13.6. The lowest BCUT2D eigenvalue weighted by molar-refractivity contribution is -0.127. The molecule has 2 aliphatic heterocycles. The van der Waals surface area contributed by atoms with Gasteiger partial charge < -0.3 is 36.8 Å². The molecule has 0 radical (unpaired) electrons. The molecule has 0 aromatic heterocycles. The van der Waals surface area contributed by atoms with Crippen molar-refractivity contribution in [1.82, 2.24) is 4.90 Å². The van der Waals surface area contributed by atoms with Crippen LogP contribution >= 0.6 is 0 Å². The third-order valence-corrected chi connectivity index (χ3v) is 7.37. The maximum absolute atomic E-state index is 13.6. The Morgan fingerprint density at radius 3 is 2.27 bits per heavy atom. The SMILES string of the molecule is COc1cc(N2CCC3(CCN(C(=O)c4ccc(C(=N)/C=C\N)cc4)CC3)C2=O)ccc1/C(C=N)=C/N. The predicted molar refractivity (Wildman–Crippen MR) is 145 cm³/mol. The highest BCUT2D eigenvalue weighted by atomic mass is 16.5. The number of anilines is 1. The molecular formula is C28H32N6O3. The van der Waals surface area contributed by atoms with Crippen LogP contribution in [0.3, 0.4) is 0 Å². The van der Waals surface area contributed by atoms with E-state index in [1.54, 1.807) is 41.2 Å². The van der Waals surface area contributed by atoms with Crippen molar-refractivity contribution < 1.29 is 14.3 Å². The van der Waals surface area contributed by atoms with Crippen molar-refractivity contribution in [2.75, 3.05) is 31.6 Å². The highest BCUT2D eigenvalue weighted by Gasteiger charge is 2.49. The van der Waals surface area contributed by atoms with Gasteiger partial charge in [0.25, 0.3) is 5.91 Å². The van der Waals surface area contributed by atoms with E-state index in [9.17, 15) is 9.59 Å². The molecule has 2 aromatic rings. The zero-order valence-corrected chi connectivity index (χ0v) is 20.9. The first-order chi connectivity index (χ1) is 17.9. The molecule has 37 heavy (non-hydrogen) atoms. The van der Waals surface area contributed by atoms with Crippen LogP contribution in [0.15, 0.2) is 60.9 Å². The van der Waals surface area contributed by atoms with Crippen molar-refractivity contribution in [3.8, 4) is 5.75 Å². The third kappa shape index (κ3) is 4.84. The van der Waals surface area contributed by atoms with E-state index in [1.807, 2.05) is 18.2 Å². The van der Waals surface area contributed by atoms with Crippen LogP contribution in [0.2, 0.25) is 0 Å². The summed E-state index contributed by atoms with van der Waals surface area (Å²) in [7, 11) is 1.55. The average Bonchev–Trinajstić information content (AvgIpc) is 3.24. The first-order valence-electron chi connectivity index (χ1n) is 12.2. The van der Waals surface area contributed by atoms with Crippen molar-refractivity contribution >= 4 is 35.0 Å². The number of amides is 2. The number of nitrogens with two attached hydrogens (primary N) is 2. The molecule has 0 bridgehead atoms. The van der Waals surface area contributed by atoms with Gasteiger partial charge in [0, 0.05) is 60.5 Å².